The highest BCUT2D eigenvalue weighted by molar-refractivity contribution is 5.89. The van der Waals surface area contributed by atoms with Crippen molar-refractivity contribution in [2.45, 2.75) is 32.7 Å². The van der Waals surface area contributed by atoms with Crippen LogP contribution in [0.25, 0.3) is 0 Å². The normalized spacial score (nSPS) is 14.7. The maximum atomic E-state index is 13.1. The van der Waals surface area contributed by atoms with Crippen molar-refractivity contribution in [3.05, 3.63) is 53.7 Å². The molecule has 1 aliphatic heterocycles. The van der Waals surface area contributed by atoms with Gasteiger partial charge in [0.25, 0.3) is 0 Å². The van der Waals surface area contributed by atoms with Gasteiger partial charge in [-0.3, -0.25) is 9.59 Å². The molecule has 0 aliphatic carbocycles. The van der Waals surface area contributed by atoms with Crippen LogP contribution in [0.15, 0.2) is 42.6 Å². The van der Waals surface area contributed by atoms with E-state index in [-0.39, 0.29) is 24.2 Å². The van der Waals surface area contributed by atoms with Gasteiger partial charge in [-0.25, -0.2) is 9.78 Å². The van der Waals surface area contributed by atoms with E-state index in [1.807, 2.05) is 29.2 Å². The molecule has 0 saturated carbocycles. The summed E-state index contributed by atoms with van der Waals surface area (Å²) in [6.07, 6.45) is 2.49. The standard InChI is InChI=1S/C25H32N4O5/c1-4-34-25(32)20-8-11-23(26-17-20)28-12-5-13-29(15-14-28)24(31)16-22(27-18(2)30)19-6-9-21(33-3)10-7-19/h6-11,17,22H,4-5,12-16H2,1-3H3,(H,27,30). The van der Waals surface area contributed by atoms with Crippen LogP contribution in [0.5, 0.6) is 5.75 Å². The molecule has 0 bridgehead atoms. The van der Waals surface area contributed by atoms with E-state index in [1.54, 1.807) is 26.2 Å². The average molecular weight is 469 g/mol. The number of nitrogens with zero attached hydrogens (tertiary/aromatic N) is 3. The SMILES string of the molecule is CCOC(=O)c1ccc(N2CCCN(C(=O)CC(NC(C)=O)c3ccc(OC)cc3)CC2)nc1. The Kier molecular flexibility index (Phi) is 8.84. The summed E-state index contributed by atoms with van der Waals surface area (Å²) in [5.74, 6) is 0.889. The van der Waals surface area contributed by atoms with Crippen LogP contribution in [0.3, 0.4) is 0 Å². The predicted molar refractivity (Wildman–Crippen MR) is 128 cm³/mol. The number of carbonyl (C=O) groups is 3. The number of rotatable bonds is 8. The van der Waals surface area contributed by atoms with Gasteiger partial charge in [-0.2, -0.15) is 0 Å². The van der Waals surface area contributed by atoms with Gasteiger partial charge in [0.15, 0.2) is 0 Å². The maximum Gasteiger partial charge on any atom is 0.339 e. The second-order valence-corrected chi connectivity index (χ2v) is 8.08. The summed E-state index contributed by atoms with van der Waals surface area (Å²) in [5, 5.41) is 2.89. The number of ether oxygens (including phenoxy) is 2. The molecule has 1 atom stereocenters. The number of hydrogen-bond acceptors (Lipinski definition) is 7. The van der Waals surface area contributed by atoms with Crippen molar-refractivity contribution in [2.24, 2.45) is 0 Å². The molecule has 1 saturated heterocycles. The smallest absolute Gasteiger partial charge is 0.339 e. The summed E-state index contributed by atoms with van der Waals surface area (Å²) in [6.45, 7) is 6.09. The second kappa shape index (κ2) is 12.0. The van der Waals surface area contributed by atoms with Crippen LogP contribution in [-0.2, 0) is 14.3 Å². The van der Waals surface area contributed by atoms with E-state index in [9.17, 15) is 14.4 Å². The summed E-state index contributed by atoms with van der Waals surface area (Å²) in [6, 6.07) is 10.5. The van der Waals surface area contributed by atoms with Gasteiger partial charge in [0.05, 0.1) is 31.7 Å². The third kappa shape index (κ3) is 6.69. The molecule has 0 spiro atoms. The Hall–Kier alpha value is -3.62. The number of methoxy groups -OCH3 is 1. The highest BCUT2D eigenvalue weighted by Gasteiger charge is 2.24. The Bertz CT molecular complexity index is 978. The van der Waals surface area contributed by atoms with E-state index in [1.165, 1.54) is 13.1 Å². The zero-order valence-electron chi connectivity index (χ0n) is 20.0. The molecule has 2 aromatic rings. The molecule has 1 aromatic heterocycles. The van der Waals surface area contributed by atoms with Gasteiger partial charge in [0, 0.05) is 39.3 Å². The summed E-state index contributed by atoms with van der Waals surface area (Å²) in [5.41, 5.74) is 1.27. The van der Waals surface area contributed by atoms with Crippen LogP contribution < -0.4 is 15.0 Å². The number of amides is 2. The van der Waals surface area contributed by atoms with Crippen molar-refractivity contribution in [3.63, 3.8) is 0 Å². The van der Waals surface area contributed by atoms with E-state index in [0.29, 0.717) is 37.6 Å². The monoisotopic (exact) mass is 468 g/mol. The molecule has 1 aromatic carbocycles. The first-order valence-electron chi connectivity index (χ1n) is 11.5. The lowest BCUT2D eigenvalue weighted by molar-refractivity contribution is -0.131. The molecule has 2 amide bonds. The lowest BCUT2D eigenvalue weighted by atomic mass is 10.0. The Balaban J connectivity index is 1.62. The van der Waals surface area contributed by atoms with Crippen molar-refractivity contribution in [3.8, 4) is 5.75 Å². The van der Waals surface area contributed by atoms with Crippen molar-refractivity contribution < 1.29 is 23.9 Å². The maximum absolute atomic E-state index is 13.1. The molecule has 1 unspecified atom stereocenters. The Morgan fingerprint density at radius 3 is 2.44 bits per heavy atom. The molecule has 182 valence electrons. The molecule has 2 heterocycles. The van der Waals surface area contributed by atoms with E-state index in [0.717, 1.165) is 24.3 Å². The third-order valence-corrected chi connectivity index (χ3v) is 5.71. The first-order valence-corrected chi connectivity index (χ1v) is 11.5. The molecule has 9 heteroatoms. The Morgan fingerprint density at radius 1 is 1.06 bits per heavy atom. The zero-order valence-corrected chi connectivity index (χ0v) is 20.0. The molecule has 34 heavy (non-hydrogen) atoms. The average Bonchev–Trinajstić information content (AvgIpc) is 3.10. The van der Waals surface area contributed by atoms with Crippen LogP contribution in [0.1, 0.15) is 48.7 Å². The fourth-order valence-corrected chi connectivity index (χ4v) is 3.94. The molecule has 1 aliphatic rings. The number of pyridine rings is 1. The van der Waals surface area contributed by atoms with Gasteiger partial charge in [0.2, 0.25) is 11.8 Å². The minimum Gasteiger partial charge on any atom is -0.497 e. The Morgan fingerprint density at radius 2 is 1.82 bits per heavy atom. The number of aromatic nitrogens is 1. The van der Waals surface area contributed by atoms with E-state index >= 15 is 0 Å². The topological polar surface area (TPSA) is 101 Å². The van der Waals surface area contributed by atoms with Crippen molar-refractivity contribution in [2.75, 3.05) is 44.8 Å². The molecule has 9 nitrogen and oxygen atoms in total. The molecule has 1 N–H and O–H groups in total. The van der Waals surface area contributed by atoms with Gasteiger partial charge >= 0.3 is 5.97 Å². The minimum absolute atomic E-state index is 0.0120. The largest absolute Gasteiger partial charge is 0.497 e. The fourth-order valence-electron chi connectivity index (χ4n) is 3.94. The van der Waals surface area contributed by atoms with Gasteiger partial charge < -0.3 is 24.6 Å². The van der Waals surface area contributed by atoms with E-state index in [4.69, 9.17) is 9.47 Å². The van der Waals surface area contributed by atoms with Crippen molar-refractivity contribution in [1.29, 1.82) is 0 Å². The molecule has 3 rings (SSSR count). The summed E-state index contributed by atoms with van der Waals surface area (Å²) < 4.78 is 10.2. The first-order chi connectivity index (χ1) is 16.4. The van der Waals surface area contributed by atoms with E-state index in [2.05, 4.69) is 15.2 Å². The van der Waals surface area contributed by atoms with Crippen molar-refractivity contribution in [1.82, 2.24) is 15.2 Å². The van der Waals surface area contributed by atoms with Crippen LogP contribution >= 0.6 is 0 Å². The van der Waals surface area contributed by atoms with Gasteiger partial charge in [-0.05, 0) is 43.2 Å². The first kappa shape index (κ1) is 25.0. The lowest BCUT2D eigenvalue weighted by Crippen LogP contribution is -2.38. The van der Waals surface area contributed by atoms with Gasteiger partial charge in [0.1, 0.15) is 11.6 Å². The van der Waals surface area contributed by atoms with Crippen LogP contribution in [0, 0.1) is 0 Å². The van der Waals surface area contributed by atoms with Crippen LogP contribution in [-0.4, -0.2) is 67.6 Å². The predicted octanol–water partition coefficient (Wildman–Crippen LogP) is 2.57. The number of esters is 1. The second-order valence-electron chi connectivity index (χ2n) is 8.08. The third-order valence-electron chi connectivity index (χ3n) is 5.71. The Labute approximate surface area is 200 Å². The van der Waals surface area contributed by atoms with Gasteiger partial charge in [-0.15, -0.1) is 0 Å². The molecule has 0 radical (unpaired) electrons. The number of anilines is 1. The highest BCUT2D eigenvalue weighted by atomic mass is 16.5. The molecular weight excluding hydrogens is 436 g/mol. The zero-order chi connectivity index (χ0) is 24.5. The lowest BCUT2D eigenvalue weighted by Gasteiger charge is -2.25. The summed E-state index contributed by atoms with van der Waals surface area (Å²) >= 11 is 0. The van der Waals surface area contributed by atoms with Crippen LogP contribution in [0.2, 0.25) is 0 Å². The minimum atomic E-state index is -0.410. The van der Waals surface area contributed by atoms with Crippen molar-refractivity contribution >= 4 is 23.6 Å². The quantitative estimate of drug-likeness (QED) is 0.594. The van der Waals surface area contributed by atoms with Crippen LogP contribution in [0.4, 0.5) is 5.82 Å². The number of benzene rings is 1. The number of hydrogen-bond donors (Lipinski definition) is 1. The summed E-state index contributed by atoms with van der Waals surface area (Å²) in [4.78, 5) is 45.1. The fraction of sp³-hybridized carbons (Fsp3) is 0.440. The highest BCUT2D eigenvalue weighted by Crippen LogP contribution is 2.22. The molecule has 1 fully saturated rings. The molecular formula is C25H32N4O5. The summed E-state index contributed by atoms with van der Waals surface area (Å²) in [7, 11) is 1.59. The van der Waals surface area contributed by atoms with E-state index < -0.39 is 6.04 Å². The van der Waals surface area contributed by atoms with Gasteiger partial charge in [-0.1, -0.05) is 12.1 Å². The number of carbonyl (C=O) groups excluding carboxylic acids is 3. The number of nitrogens with one attached hydrogen (secondary N) is 1.